The average Bonchev–Trinajstić information content (AvgIpc) is 2.77. The van der Waals surface area contributed by atoms with E-state index in [1.165, 1.54) is 25.1 Å². The Hall–Kier alpha value is -0.930. The highest BCUT2D eigenvalue weighted by atomic mass is 15.2. The summed E-state index contributed by atoms with van der Waals surface area (Å²) in [7, 11) is 0. The molecule has 0 bridgehead atoms. The lowest BCUT2D eigenvalue weighted by Gasteiger charge is -2.32. The van der Waals surface area contributed by atoms with Crippen LogP contribution >= 0.6 is 0 Å². The lowest BCUT2D eigenvalue weighted by Crippen LogP contribution is -2.39. The molecular formula is C14H23N3. The van der Waals surface area contributed by atoms with E-state index in [9.17, 15) is 0 Å². The van der Waals surface area contributed by atoms with Crippen molar-refractivity contribution in [3.8, 4) is 0 Å². The summed E-state index contributed by atoms with van der Waals surface area (Å²) in [6, 6.07) is 4.77. The highest BCUT2D eigenvalue weighted by Crippen LogP contribution is 2.30. The molecule has 1 aliphatic rings. The predicted molar refractivity (Wildman–Crippen MR) is 70.6 cm³/mol. The number of likely N-dealkylation sites (tertiary alicyclic amines) is 1. The molecule has 94 valence electrons. The summed E-state index contributed by atoms with van der Waals surface area (Å²) in [4.78, 5) is 6.63. The maximum atomic E-state index is 6.31. The highest BCUT2D eigenvalue weighted by Gasteiger charge is 2.30. The smallest absolute Gasteiger partial charge is 0.0500 e. The Bertz CT molecular complexity index is 339. The van der Waals surface area contributed by atoms with E-state index < -0.39 is 0 Å². The van der Waals surface area contributed by atoms with Crippen LogP contribution in [0.25, 0.3) is 0 Å². The quantitative estimate of drug-likeness (QED) is 0.867. The molecule has 0 saturated carbocycles. The minimum atomic E-state index is 0.211. The molecule has 0 radical (unpaired) electrons. The van der Waals surface area contributed by atoms with Gasteiger partial charge in [-0.2, -0.15) is 0 Å². The highest BCUT2D eigenvalue weighted by molar-refractivity contribution is 5.17. The van der Waals surface area contributed by atoms with Crippen LogP contribution in [0, 0.1) is 5.92 Å². The predicted octanol–water partition coefficient (Wildman–Crippen LogP) is 2.20. The van der Waals surface area contributed by atoms with Crippen molar-refractivity contribution in [2.75, 3.05) is 13.1 Å². The summed E-state index contributed by atoms with van der Waals surface area (Å²) in [5.74, 6) is 0.795. The third-order valence-corrected chi connectivity index (χ3v) is 3.77. The SMILES string of the molecule is CCC(N)C(c1ccncc1)N1CCC(C)C1. The molecule has 0 aliphatic carbocycles. The summed E-state index contributed by atoms with van der Waals surface area (Å²) >= 11 is 0. The zero-order valence-electron chi connectivity index (χ0n) is 10.8. The Labute approximate surface area is 104 Å². The van der Waals surface area contributed by atoms with Gasteiger partial charge >= 0.3 is 0 Å². The lowest BCUT2D eigenvalue weighted by atomic mass is 9.97. The summed E-state index contributed by atoms with van der Waals surface area (Å²) < 4.78 is 0. The molecule has 3 heteroatoms. The zero-order chi connectivity index (χ0) is 12.3. The van der Waals surface area contributed by atoms with Gasteiger partial charge in [0.05, 0.1) is 0 Å². The molecule has 3 atom stereocenters. The van der Waals surface area contributed by atoms with Gasteiger partial charge in [-0.05, 0) is 43.0 Å². The van der Waals surface area contributed by atoms with Gasteiger partial charge in [-0.3, -0.25) is 9.88 Å². The molecule has 1 fully saturated rings. The molecule has 1 aromatic rings. The fraction of sp³-hybridized carbons (Fsp3) is 0.643. The molecule has 2 rings (SSSR count). The first-order valence-electron chi connectivity index (χ1n) is 6.62. The Kier molecular flexibility index (Phi) is 4.13. The van der Waals surface area contributed by atoms with E-state index in [0.29, 0.717) is 6.04 Å². The molecule has 3 nitrogen and oxygen atoms in total. The maximum Gasteiger partial charge on any atom is 0.0500 e. The van der Waals surface area contributed by atoms with Crippen LogP contribution in [0.15, 0.2) is 24.5 Å². The molecule has 17 heavy (non-hydrogen) atoms. The molecular weight excluding hydrogens is 210 g/mol. The van der Waals surface area contributed by atoms with E-state index >= 15 is 0 Å². The molecule has 0 amide bonds. The van der Waals surface area contributed by atoms with Crippen molar-refractivity contribution in [2.45, 2.75) is 38.8 Å². The zero-order valence-corrected chi connectivity index (χ0v) is 10.8. The summed E-state index contributed by atoms with van der Waals surface area (Å²) in [5.41, 5.74) is 7.62. The Balaban J connectivity index is 2.20. The number of hydrogen-bond donors (Lipinski definition) is 1. The molecule has 1 aromatic heterocycles. The number of aromatic nitrogens is 1. The minimum absolute atomic E-state index is 0.211. The number of hydrogen-bond acceptors (Lipinski definition) is 3. The summed E-state index contributed by atoms with van der Waals surface area (Å²) in [6.45, 7) is 6.82. The molecule has 1 saturated heterocycles. The van der Waals surface area contributed by atoms with E-state index in [-0.39, 0.29) is 6.04 Å². The van der Waals surface area contributed by atoms with Gasteiger partial charge < -0.3 is 5.73 Å². The van der Waals surface area contributed by atoms with E-state index in [1.807, 2.05) is 12.4 Å². The number of nitrogens with two attached hydrogens (primary N) is 1. The van der Waals surface area contributed by atoms with Crippen LogP contribution < -0.4 is 5.73 Å². The minimum Gasteiger partial charge on any atom is -0.326 e. The second kappa shape index (κ2) is 5.61. The number of pyridine rings is 1. The molecule has 3 unspecified atom stereocenters. The third kappa shape index (κ3) is 2.85. The fourth-order valence-electron chi connectivity index (χ4n) is 2.73. The van der Waals surface area contributed by atoms with Crippen LogP contribution in [0.5, 0.6) is 0 Å². The van der Waals surface area contributed by atoms with Crippen LogP contribution in [-0.2, 0) is 0 Å². The topological polar surface area (TPSA) is 42.1 Å². The summed E-state index contributed by atoms with van der Waals surface area (Å²) in [6.07, 6.45) is 6.03. The van der Waals surface area contributed by atoms with Crippen molar-refractivity contribution < 1.29 is 0 Å². The fourth-order valence-corrected chi connectivity index (χ4v) is 2.73. The second-order valence-electron chi connectivity index (χ2n) is 5.19. The van der Waals surface area contributed by atoms with Gasteiger partial charge in [-0.25, -0.2) is 0 Å². The largest absolute Gasteiger partial charge is 0.326 e. The van der Waals surface area contributed by atoms with E-state index in [1.54, 1.807) is 0 Å². The van der Waals surface area contributed by atoms with Gasteiger partial charge in [0, 0.05) is 31.0 Å². The van der Waals surface area contributed by atoms with Gasteiger partial charge in [0.25, 0.3) is 0 Å². The van der Waals surface area contributed by atoms with Crippen molar-refractivity contribution in [1.29, 1.82) is 0 Å². The molecule has 2 heterocycles. The Morgan fingerprint density at radius 3 is 2.71 bits per heavy atom. The van der Waals surface area contributed by atoms with Gasteiger partial charge in [-0.1, -0.05) is 13.8 Å². The van der Waals surface area contributed by atoms with Crippen molar-refractivity contribution in [3.05, 3.63) is 30.1 Å². The van der Waals surface area contributed by atoms with Crippen LogP contribution in [0.1, 0.15) is 38.3 Å². The standard InChI is InChI=1S/C14H23N3/c1-3-13(15)14(12-4-7-16-8-5-12)17-9-6-11(2)10-17/h4-5,7-8,11,13-14H,3,6,9-10,15H2,1-2H3. The normalized spacial score (nSPS) is 24.8. The van der Waals surface area contributed by atoms with Gasteiger partial charge in [0.15, 0.2) is 0 Å². The molecule has 2 N–H and O–H groups in total. The maximum absolute atomic E-state index is 6.31. The van der Waals surface area contributed by atoms with Crippen LogP contribution in [0.2, 0.25) is 0 Å². The molecule has 1 aliphatic heterocycles. The second-order valence-corrected chi connectivity index (χ2v) is 5.19. The van der Waals surface area contributed by atoms with Gasteiger partial charge in [0.2, 0.25) is 0 Å². The Morgan fingerprint density at radius 1 is 1.47 bits per heavy atom. The first-order chi connectivity index (χ1) is 8.22. The first-order valence-corrected chi connectivity index (χ1v) is 6.62. The van der Waals surface area contributed by atoms with Crippen LogP contribution in [-0.4, -0.2) is 29.0 Å². The van der Waals surface area contributed by atoms with Crippen LogP contribution in [0.4, 0.5) is 0 Å². The number of nitrogens with zero attached hydrogens (tertiary/aromatic N) is 2. The molecule has 0 aromatic carbocycles. The van der Waals surface area contributed by atoms with Crippen LogP contribution in [0.3, 0.4) is 0 Å². The summed E-state index contributed by atoms with van der Waals surface area (Å²) in [5, 5.41) is 0. The van der Waals surface area contributed by atoms with Gasteiger partial charge in [-0.15, -0.1) is 0 Å². The number of rotatable bonds is 4. The Morgan fingerprint density at radius 2 is 2.18 bits per heavy atom. The lowest BCUT2D eigenvalue weighted by molar-refractivity contribution is 0.203. The van der Waals surface area contributed by atoms with Crippen molar-refractivity contribution in [3.63, 3.8) is 0 Å². The van der Waals surface area contributed by atoms with Crippen molar-refractivity contribution >= 4 is 0 Å². The first kappa shape index (κ1) is 12.5. The molecule has 0 spiro atoms. The van der Waals surface area contributed by atoms with E-state index in [0.717, 1.165) is 12.3 Å². The third-order valence-electron chi connectivity index (χ3n) is 3.77. The monoisotopic (exact) mass is 233 g/mol. The van der Waals surface area contributed by atoms with E-state index in [2.05, 4.69) is 35.9 Å². The van der Waals surface area contributed by atoms with Gasteiger partial charge in [0.1, 0.15) is 0 Å². The van der Waals surface area contributed by atoms with Crippen molar-refractivity contribution in [2.24, 2.45) is 11.7 Å². The van der Waals surface area contributed by atoms with E-state index in [4.69, 9.17) is 5.73 Å². The van der Waals surface area contributed by atoms with Crippen molar-refractivity contribution in [1.82, 2.24) is 9.88 Å². The average molecular weight is 233 g/mol.